The summed E-state index contributed by atoms with van der Waals surface area (Å²) in [6, 6.07) is 7.26. The number of nitrogens with zero attached hydrogens (tertiary/aromatic N) is 2. The van der Waals surface area contributed by atoms with Crippen molar-refractivity contribution in [1.82, 2.24) is 10.2 Å². The van der Waals surface area contributed by atoms with Gasteiger partial charge in [-0.2, -0.15) is 0 Å². The lowest BCUT2D eigenvalue weighted by Crippen LogP contribution is -2.03. The predicted molar refractivity (Wildman–Crippen MR) is 80.5 cm³/mol. The third kappa shape index (κ3) is 3.83. The number of hydrogen-bond donors (Lipinski definition) is 1. The van der Waals surface area contributed by atoms with E-state index in [1.807, 2.05) is 19.1 Å². The van der Waals surface area contributed by atoms with E-state index in [1.54, 1.807) is 12.1 Å². The van der Waals surface area contributed by atoms with Gasteiger partial charge in [-0.25, -0.2) is 0 Å². The molecule has 5 nitrogen and oxygen atoms in total. The topological polar surface area (TPSA) is 64.5 Å². The number of benzene rings is 1. The molecule has 7 heteroatoms. The average Bonchev–Trinajstić information content (AvgIpc) is 2.50. The van der Waals surface area contributed by atoms with E-state index in [0.717, 1.165) is 16.7 Å². The Morgan fingerprint density at radius 1 is 1.10 bits per heavy atom. The predicted octanol–water partition coefficient (Wildman–Crippen LogP) is 3.32. The van der Waals surface area contributed by atoms with Crippen LogP contribution in [-0.2, 0) is 11.2 Å². The first-order valence-electron chi connectivity index (χ1n) is 6.29. The Labute approximate surface area is 132 Å². The molecule has 2 rings (SSSR count). The molecule has 0 atom stereocenters. The molecule has 0 aliphatic rings. The third-order valence-corrected chi connectivity index (χ3v) is 3.45. The Hall–Kier alpha value is -1.40. The summed E-state index contributed by atoms with van der Waals surface area (Å²) in [6.45, 7) is 1.58. The minimum Gasteiger partial charge on any atom is -0.467 e. The molecule has 2 aromatic rings. The summed E-state index contributed by atoms with van der Waals surface area (Å²) in [5.41, 5.74) is 2.51. The molecule has 0 saturated heterocycles. The third-order valence-electron chi connectivity index (χ3n) is 2.88. The molecule has 0 aliphatic heterocycles. The minimum atomic E-state index is -0.380. The molecule has 1 aromatic heterocycles. The highest BCUT2D eigenvalue weighted by Crippen LogP contribution is 2.33. The van der Waals surface area contributed by atoms with Crippen molar-refractivity contribution in [1.29, 1.82) is 0 Å². The Kier molecular flexibility index (Phi) is 5.76. The van der Waals surface area contributed by atoms with Crippen molar-refractivity contribution in [3.8, 4) is 16.9 Å². The van der Waals surface area contributed by atoms with Gasteiger partial charge in [-0.05, 0) is 24.1 Å². The first kappa shape index (κ1) is 16.0. The fraction of sp³-hybridized carbons (Fsp3) is 0.286. The van der Waals surface area contributed by atoms with Gasteiger partial charge in [0.05, 0.1) is 0 Å². The zero-order chi connectivity index (χ0) is 15.2. The number of rotatable bonds is 6. The van der Waals surface area contributed by atoms with Crippen molar-refractivity contribution in [2.24, 2.45) is 0 Å². The lowest BCUT2D eigenvalue weighted by Gasteiger charge is -2.11. The van der Waals surface area contributed by atoms with Gasteiger partial charge in [-0.3, -0.25) is 0 Å². The first-order valence-corrected chi connectivity index (χ1v) is 7.05. The average molecular weight is 329 g/mol. The molecule has 0 radical (unpaired) electrons. The first-order chi connectivity index (χ1) is 10.2. The maximum absolute atomic E-state index is 8.51. The van der Waals surface area contributed by atoms with Crippen LogP contribution in [0.15, 0.2) is 24.3 Å². The number of ether oxygens (including phenoxy) is 2. The Morgan fingerprint density at radius 3 is 2.38 bits per heavy atom. The van der Waals surface area contributed by atoms with Gasteiger partial charge in [-0.15, -0.1) is 10.2 Å². The highest BCUT2D eigenvalue weighted by molar-refractivity contribution is 6.34. The maximum atomic E-state index is 8.51. The summed E-state index contributed by atoms with van der Waals surface area (Å²) in [7, 11) is 0. The molecule has 1 aromatic carbocycles. The smallest absolute Gasteiger partial charge is 0.191 e. The van der Waals surface area contributed by atoms with E-state index in [-0.39, 0.29) is 13.6 Å². The molecular formula is C14H14Cl2N2O3. The largest absolute Gasteiger partial charge is 0.467 e. The van der Waals surface area contributed by atoms with Crippen LogP contribution >= 0.6 is 23.2 Å². The van der Waals surface area contributed by atoms with Crippen LogP contribution in [0.25, 0.3) is 11.1 Å². The van der Waals surface area contributed by atoms with E-state index in [2.05, 4.69) is 10.2 Å². The van der Waals surface area contributed by atoms with E-state index in [0.29, 0.717) is 22.5 Å². The summed E-state index contributed by atoms with van der Waals surface area (Å²) < 4.78 is 9.98. The summed E-state index contributed by atoms with van der Waals surface area (Å²) in [6.07, 6.45) is 0.700. The van der Waals surface area contributed by atoms with Gasteiger partial charge >= 0.3 is 0 Å². The quantitative estimate of drug-likeness (QED) is 0.651. The zero-order valence-corrected chi connectivity index (χ0v) is 12.9. The summed E-state index contributed by atoms with van der Waals surface area (Å²) >= 11 is 12.2. The van der Waals surface area contributed by atoms with Crippen molar-refractivity contribution in [3.63, 3.8) is 0 Å². The van der Waals surface area contributed by atoms with Gasteiger partial charge in [0, 0.05) is 11.1 Å². The van der Waals surface area contributed by atoms with Gasteiger partial charge in [0.15, 0.2) is 17.1 Å². The number of aliphatic hydroxyl groups is 1. The van der Waals surface area contributed by atoms with Crippen LogP contribution in [0.2, 0.25) is 10.3 Å². The summed E-state index contributed by atoms with van der Waals surface area (Å²) in [5, 5.41) is 16.9. The van der Waals surface area contributed by atoms with Crippen molar-refractivity contribution in [2.75, 3.05) is 13.6 Å². The number of aliphatic hydroxyl groups excluding tert-OH is 1. The highest BCUT2D eigenvalue weighted by Gasteiger charge is 2.14. The van der Waals surface area contributed by atoms with E-state index >= 15 is 0 Å². The van der Waals surface area contributed by atoms with Crippen molar-refractivity contribution in [2.45, 2.75) is 13.3 Å². The van der Waals surface area contributed by atoms with Crippen LogP contribution in [0.5, 0.6) is 5.75 Å². The Bertz CT molecular complexity index is 606. The van der Waals surface area contributed by atoms with Crippen LogP contribution < -0.4 is 4.74 Å². The van der Waals surface area contributed by atoms with E-state index in [9.17, 15) is 0 Å². The van der Waals surface area contributed by atoms with Crippen LogP contribution in [0.3, 0.4) is 0 Å². The summed E-state index contributed by atoms with van der Waals surface area (Å²) in [5.74, 6) is 0.620. The molecule has 0 spiro atoms. The molecule has 0 saturated carbocycles. The molecular weight excluding hydrogens is 315 g/mol. The minimum absolute atomic E-state index is 0.0144. The second kappa shape index (κ2) is 7.56. The number of halogens is 2. The molecule has 0 fully saturated rings. The van der Waals surface area contributed by atoms with E-state index in [4.69, 9.17) is 37.8 Å². The van der Waals surface area contributed by atoms with Gasteiger partial charge in [-0.1, -0.05) is 42.3 Å². The molecule has 1 heterocycles. The van der Waals surface area contributed by atoms with E-state index < -0.39 is 0 Å². The lowest BCUT2D eigenvalue weighted by molar-refractivity contribution is -0.0653. The Balaban J connectivity index is 2.29. The highest BCUT2D eigenvalue weighted by atomic mass is 35.5. The molecule has 0 amide bonds. The number of aromatic nitrogens is 2. The second-order valence-corrected chi connectivity index (χ2v) is 4.82. The van der Waals surface area contributed by atoms with Gasteiger partial charge in [0.2, 0.25) is 0 Å². The molecule has 1 N–H and O–H groups in total. The monoisotopic (exact) mass is 328 g/mol. The molecule has 21 heavy (non-hydrogen) atoms. The molecule has 112 valence electrons. The zero-order valence-electron chi connectivity index (χ0n) is 11.3. The van der Waals surface area contributed by atoms with Gasteiger partial charge in [0.1, 0.15) is 12.5 Å². The van der Waals surface area contributed by atoms with Crippen LogP contribution in [0, 0.1) is 0 Å². The number of hydrogen-bond acceptors (Lipinski definition) is 5. The normalized spacial score (nSPS) is 10.7. The van der Waals surface area contributed by atoms with Gasteiger partial charge in [0.25, 0.3) is 0 Å². The summed E-state index contributed by atoms with van der Waals surface area (Å²) in [4.78, 5) is 0. The fourth-order valence-electron chi connectivity index (χ4n) is 1.91. The molecule has 0 aliphatic carbocycles. The maximum Gasteiger partial charge on any atom is 0.191 e. The fourth-order valence-corrected chi connectivity index (χ4v) is 2.43. The lowest BCUT2D eigenvalue weighted by atomic mass is 10.0. The van der Waals surface area contributed by atoms with Crippen molar-refractivity contribution in [3.05, 3.63) is 40.1 Å². The van der Waals surface area contributed by atoms with Crippen LogP contribution in [0.1, 0.15) is 12.5 Å². The molecule has 0 unspecified atom stereocenters. The molecule has 0 bridgehead atoms. The van der Waals surface area contributed by atoms with Crippen LogP contribution in [0.4, 0.5) is 0 Å². The van der Waals surface area contributed by atoms with Crippen molar-refractivity contribution < 1.29 is 14.6 Å². The van der Waals surface area contributed by atoms with Gasteiger partial charge < -0.3 is 14.6 Å². The van der Waals surface area contributed by atoms with Crippen molar-refractivity contribution >= 4 is 23.2 Å². The van der Waals surface area contributed by atoms with E-state index in [1.165, 1.54) is 0 Å². The standard InChI is InChI=1S/C14H14Cl2N2O3/c1-2-11-12(14(16)18-17-13(11)15)9-3-5-10(6-4-9)21-8-20-7-19/h3-6,19H,2,7-8H2,1H3. The Morgan fingerprint density at radius 2 is 1.76 bits per heavy atom. The SMILES string of the molecule is CCc1c(Cl)nnc(Cl)c1-c1ccc(OCOCO)cc1. The van der Waals surface area contributed by atoms with Crippen LogP contribution in [-0.4, -0.2) is 28.9 Å². The second-order valence-electron chi connectivity index (χ2n) is 4.11.